The van der Waals surface area contributed by atoms with E-state index in [0.29, 0.717) is 13.2 Å². The van der Waals surface area contributed by atoms with Crippen LogP contribution in [0.25, 0.3) is 0 Å². The molecule has 0 bridgehead atoms. The van der Waals surface area contributed by atoms with Gasteiger partial charge in [-0.15, -0.1) is 0 Å². The van der Waals surface area contributed by atoms with E-state index in [2.05, 4.69) is 12.2 Å². The van der Waals surface area contributed by atoms with Crippen LogP contribution in [0, 0.1) is 12.8 Å². The molecule has 1 N–H and O–H groups in total. The second-order valence-electron chi connectivity index (χ2n) is 3.93. The zero-order valence-electron chi connectivity index (χ0n) is 9.33. The molecule has 4 heteroatoms. The number of amides is 1. The second-order valence-corrected chi connectivity index (χ2v) is 3.93. The van der Waals surface area contributed by atoms with Crippen molar-refractivity contribution in [1.29, 1.82) is 0 Å². The van der Waals surface area contributed by atoms with Crippen molar-refractivity contribution >= 4 is 5.91 Å². The first-order chi connectivity index (χ1) is 7.18. The minimum atomic E-state index is -0.0691. The molecule has 2 unspecified atom stereocenters. The molecule has 1 fully saturated rings. The van der Waals surface area contributed by atoms with Crippen molar-refractivity contribution in [2.75, 3.05) is 19.8 Å². The lowest BCUT2D eigenvalue weighted by Gasteiger charge is -2.24. The Morgan fingerprint density at radius 2 is 2.47 bits per heavy atom. The van der Waals surface area contributed by atoms with Gasteiger partial charge >= 0.3 is 0 Å². The van der Waals surface area contributed by atoms with Crippen LogP contribution in [0.4, 0.5) is 0 Å². The van der Waals surface area contributed by atoms with Crippen molar-refractivity contribution in [3.05, 3.63) is 6.92 Å². The Morgan fingerprint density at radius 3 is 3.07 bits per heavy atom. The summed E-state index contributed by atoms with van der Waals surface area (Å²) in [5.41, 5.74) is 0. The van der Waals surface area contributed by atoms with E-state index in [4.69, 9.17) is 9.47 Å². The maximum atomic E-state index is 10.6. The highest BCUT2D eigenvalue weighted by Crippen LogP contribution is 2.14. The van der Waals surface area contributed by atoms with Gasteiger partial charge in [0.2, 0.25) is 5.91 Å². The Hall–Kier alpha value is -0.610. The first kappa shape index (κ1) is 12.5. The molecule has 1 amide bonds. The molecule has 0 aromatic rings. The normalized spacial score (nSPS) is 23.5. The molecule has 1 heterocycles. The molecular formula is C11H20NO3. The van der Waals surface area contributed by atoms with Gasteiger partial charge in [-0.3, -0.25) is 4.79 Å². The smallest absolute Gasteiger partial charge is 0.216 e. The van der Waals surface area contributed by atoms with E-state index >= 15 is 0 Å². The van der Waals surface area contributed by atoms with Gasteiger partial charge in [0.25, 0.3) is 0 Å². The summed E-state index contributed by atoms with van der Waals surface area (Å²) in [5, 5.41) is 2.71. The van der Waals surface area contributed by atoms with E-state index in [-0.39, 0.29) is 18.1 Å². The largest absolute Gasteiger partial charge is 0.356 e. The third kappa shape index (κ3) is 5.74. The van der Waals surface area contributed by atoms with E-state index in [1.807, 2.05) is 0 Å². The summed E-state index contributed by atoms with van der Waals surface area (Å²) in [4.78, 5) is 10.6. The predicted molar refractivity (Wildman–Crippen MR) is 57.1 cm³/mol. The molecule has 4 nitrogen and oxygen atoms in total. The number of ether oxygens (including phenoxy) is 2. The fraction of sp³-hybridized carbons (Fsp3) is 0.818. The Labute approximate surface area is 91.3 Å². The number of carbonyl (C=O) groups is 1. The molecule has 1 radical (unpaired) electrons. The molecule has 1 aliphatic heterocycles. The maximum Gasteiger partial charge on any atom is 0.216 e. The van der Waals surface area contributed by atoms with E-state index in [0.717, 1.165) is 25.9 Å². The van der Waals surface area contributed by atoms with Crippen LogP contribution in [0.3, 0.4) is 0 Å². The van der Waals surface area contributed by atoms with Gasteiger partial charge < -0.3 is 14.8 Å². The highest BCUT2D eigenvalue weighted by atomic mass is 16.7. The van der Waals surface area contributed by atoms with Crippen LogP contribution < -0.4 is 5.32 Å². The third-order valence-corrected chi connectivity index (χ3v) is 2.30. The Bertz CT molecular complexity index is 190. The minimum Gasteiger partial charge on any atom is -0.356 e. The van der Waals surface area contributed by atoms with Crippen molar-refractivity contribution in [3.8, 4) is 0 Å². The zero-order chi connectivity index (χ0) is 11.1. The van der Waals surface area contributed by atoms with Crippen LogP contribution in [-0.2, 0) is 14.3 Å². The van der Waals surface area contributed by atoms with Gasteiger partial charge in [0, 0.05) is 20.1 Å². The predicted octanol–water partition coefficient (Wildman–Crippen LogP) is 1.12. The van der Waals surface area contributed by atoms with Crippen molar-refractivity contribution in [3.63, 3.8) is 0 Å². The van der Waals surface area contributed by atoms with Crippen molar-refractivity contribution < 1.29 is 14.3 Å². The van der Waals surface area contributed by atoms with Gasteiger partial charge in [-0.2, -0.15) is 0 Å². The molecule has 0 aromatic carbocycles. The quantitative estimate of drug-likeness (QED) is 0.746. The number of carbonyl (C=O) groups excluding carboxylic acids is 1. The lowest BCUT2D eigenvalue weighted by atomic mass is 10.2. The van der Waals surface area contributed by atoms with Gasteiger partial charge in [-0.25, -0.2) is 0 Å². The van der Waals surface area contributed by atoms with Crippen LogP contribution >= 0.6 is 0 Å². The number of hydrogen-bond acceptors (Lipinski definition) is 3. The molecule has 0 saturated carbocycles. The zero-order valence-corrected chi connectivity index (χ0v) is 9.33. The van der Waals surface area contributed by atoms with Crippen molar-refractivity contribution in [2.45, 2.75) is 32.5 Å². The highest BCUT2D eigenvalue weighted by molar-refractivity contribution is 5.72. The molecule has 1 saturated heterocycles. The van der Waals surface area contributed by atoms with Gasteiger partial charge in [0.15, 0.2) is 6.29 Å². The third-order valence-electron chi connectivity index (χ3n) is 2.30. The number of nitrogens with one attached hydrogen (secondary N) is 1. The van der Waals surface area contributed by atoms with Crippen molar-refractivity contribution in [2.24, 2.45) is 5.92 Å². The molecule has 15 heavy (non-hydrogen) atoms. The van der Waals surface area contributed by atoms with Crippen LogP contribution in [0.1, 0.15) is 26.2 Å². The minimum absolute atomic E-state index is 0.0300. The molecule has 0 aliphatic carbocycles. The monoisotopic (exact) mass is 214 g/mol. The highest BCUT2D eigenvalue weighted by Gasteiger charge is 2.15. The maximum absolute atomic E-state index is 10.6. The lowest BCUT2D eigenvalue weighted by Crippen LogP contribution is -2.30. The summed E-state index contributed by atoms with van der Waals surface area (Å²) in [6.07, 6.45) is 3.19. The molecule has 1 aliphatic rings. The molecule has 0 spiro atoms. The summed E-state index contributed by atoms with van der Waals surface area (Å²) in [5.74, 6) is 0.0528. The second kappa shape index (κ2) is 6.80. The lowest BCUT2D eigenvalue weighted by molar-refractivity contribution is -0.166. The first-order valence-corrected chi connectivity index (χ1v) is 5.49. The van der Waals surface area contributed by atoms with Crippen LogP contribution in [0.5, 0.6) is 0 Å². The van der Waals surface area contributed by atoms with Crippen LogP contribution in [-0.4, -0.2) is 32.0 Å². The van der Waals surface area contributed by atoms with Gasteiger partial charge in [-0.05, 0) is 32.1 Å². The number of hydrogen-bond donors (Lipinski definition) is 1. The molecule has 0 aromatic heterocycles. The summed E-state index contributed by atoms with van der Waals surface area (Å²) >= 11 is 0. The van der Waals surface area contributed by atoms with Gasteiger partial charge in [0.1, 0.15) is 0 Å². The van der Waals surface area contributed by atoms with E-state index in [9.17, 15) is 4.79 Å². The average Bonchev–Trinajstić information content (AvgIpc) is 2.25. The van der Waals surface area contributed by atoms with Crippen LogP contribution in [0.15, 0.2) is 0 Å². The fourth-order valence-corrected chi connectivity index (χ4v) is 1.43. The molecular weight excluding hydrogens is 194 g/mol. The topological polar surface area (TPSA) is 47.6 Å². The van der Waals surface area contributed by atoms with E-state index in [1.54, 1.807) is 0 Å². The SMILES string of the molecule is [CH2]C(CNC(C)=O)COC1CCCCO1. The molecule has 1 rings (SSSR count). The summed E-state index contributed by atoms with van der Waals surface area (Å²) in [6, 6.07) is 0. The molecule has 87 valence electrons. The van der Waals surface area contributed by atoms with Gasteiger partial charge in [-0.1, -0.05) is 0 Å². The summed E-state index contributed by atoms with van der Waals surface area (Å²) in [7, 11) is 0. The van der Waals surface area contributed by atoms with E-state index in [1.165, 1.54) is 6.92 Å². The number of rotatable bonds is 5. The first-order valence-electron chi connectivity index (χ1n) is 5.49. The summed E-state index contributed by atoms with van der Waals surface area (Å²) in [6.45, 7) is 7.28. The Morgan fingerprint density at radius 1 is 1.67 bits per heavy atom. The molecule has 2 atom stereocenters. The van der Waals surface area contributed by atoms with E-state index < -0.39 is 0 Å². The Kier molecular flexibility index (Phi) is 5.65. The van der Waals surface area contributed by atoms with Crippen LogP contribution in [0.2, 0.25) is 0 Å². The Balaban J connectivity index is 2.04. The summed E-state index contributed by atoms with van der Waals surface area (Å²) < 4.78 is 11.0. The average molecular weight is 214 g/mol. The standard InChI is InChI=1S/C11H20NO3/c1-9(7-12-10(2)13)8-15-11-5-3-4-6-14-11/h9,11H,1,3-8H2,2H3,(H,12,13). The fourth-order valence-electron chi connectivity index (χ4n) is 1.43. The van der Waals surface area contributed by atoms with Gasteiger partial charge in [0.05, 0.1) is 6.61 Å². The van der Waals surface area contributed by atoms with Crippen molar-refractivity contribution in [1.82, 2.24) is 5.32 Å².